The van der Waals surface area contributed by atoms with E-state index in [0.29, 0.717) is 19.5 Å². The zero-order chi connectivity index (χ0) is 19.0. The summed E-state index contributed by atoms with van der Waals surface area (Å²) in [5, 5.41) is 0. The SMILES string of the molecule is O=C(C1CC1c1ccc(C(F)(F)F)cc1)N1CCN(c2ccccn2)CC1. The first-order valence-corrected chi connectivity index (χ1v) is 9.05. The van der Waals surface area contributed by atoms with Gasteiger partial charge in [-0.1, -0.05) is 18.2 Å². The minimum absolute atomic E-state index is 0.0357. The highest BCUT2D eigenvalue weighted by Gasteiger charge is 2.46. The lowest BCUT2D eigenvalue weighted by molar-refractivity contribution is -0.137. The van der Waals surface area contributed by atoms with E-state index in [2.05, 4.69) is 9.88 Å². The van der Waals surface area contributed by atoms with Gasteiger partial charge >= 0.3 is 6.18 Å². The average Bonchev–Trinajstić information content (AvgIpc) is 3.49. The maximum absolute atomic E-state index is 12.7. The maximum atomic E-state index is 12.7. The topological polar surface area (TPSA) is 36.4 Å². The van der Waals surface area contributed by atoms with E-state index in [1.165, 1.54) is 12.1 Å². The van der Waals surface area contributed by atoms with E-state index in [9.17, 15) is 18.0 Å². The summed E-state index contributed by atoms with van der Waals surface area (Å²) in [4.78, 5) is 21.1. The number of halogens is 3. The average molecular weight is 375 g/mol. The lowest BCUT2D eigenvalue weighted by Crippen LogP contribution is -2.49. The monoisotopic (exact) mass is 375 g/mol. The smallest absolute Gasteiger partial charge is 0.353 e. The van der Waals surface area contributed by atoms with Gasteiger partial charge in [-0.25, -0.2) is 4.98 Å². The molecule has 0 N–H and O–H groups in total. The summed E-state index contributed by atoms with van der Waals surface area (Å²) in [6.07, 6.45) is -1.86. The Morgan fingerprint density at radius 2 is 1.70 bits per heavy atom. The van der Waals surface area contributed by atoms with Gasteiger partial charge in [0.1, 0.15) is 5.82 Å². The lowest BCUT2D eigenvalue weighted by atomic mass is 10.1. The molecule has 1 aliphatic carbocycles. The molecule has 7 heteroatoms. The van der Waals surface area contributed by atoms with E-state index in [-0.39, 0.29) is 17.7 Å². The molecule has 2 fully saturated rings. The second kappa shape index (κ2) is 6.87. The zero-order valence-electron chi connectivity index (χ0n) is 14.7. The third-order valence-electron chi connectivity index (χ3n) is 5.34. The standard InChI is InChI=1S/C20H20F3N3O/c21-20(22,23)15-6-4-14(5-7-15)16-13-17(16)19(27)26-11-9-25(10-12-26)18-3-1-2-8-24-18/h1-8,16-17H,9-13H2. The number of rotatable bonds is 3. The van der Waals surface area contributed by atoms with Crippen molar-refractivity contribution >= 4 is 11.7 Å². The highest BCUT2D eigenvalue weighted by Crippen LogP contribution is 2.49. The molecular weight excluding hydrogens is 355 g/mol. The minimum Gasteiger partial charge on any atom is -0.353 e. The molecule has 2 unspecified atom stereocenters. The van der Waals surface area contributed by atoms with Gasteiger partial charge in [-0.05, 0) is 42.2 Å². The van der Waals surface area contributed by atoms with Crippen molar-refractivity contribution in [2.45, 2.75) is 18.5 Å². The molecule has 27 heavy (non-hydrogen) atoms. The lowest BCUT2D eigenvalue weighted by Gasteiger charge is -2.35. The second-order valence-electron chi connectivity index (χ2n) is 7.07. The molecule has 2 heterocycles. The van der Waals surface area contributed by atoms with Crippen molar-refractivity contribution in [3.63, 3.8) is 0 Å². The first-order valence-electron chi connectivity index (χ1n) is 9.05. The maximum Gasteiger partial charge on any atom is 0.416 e. The fraction of sp³-hybridized carbons (Fsp3) is 0.400. The van der Waals surface area contributed by atoms with Gasteiger partial charge in [-0.15, -0.1) is 0 Å². The van der Waals surface area contributed by atoms with Crippen LogP contribution in [0.15, 0.2) is 48.7 Å². The fourth-order valence-electron chi connectivity index (χ4n) is 3.69. The first-order chi connectivity index (χ1) is 12.9. The Kier molecular flexibility index (Phi) is 4.53. The third-order valence-corrected chi connectivity index (χ3v) is 5.34. The number of pyridine rings is 1. The predicted octanol–water partition coefficient (Wildman–Crippen LogP) is 3.55. The summed E-state index contributed by atoms with van der Waals surface area (Å²) in [5.74, 6) is 0.955. The Bertz CT molecular complexity index is 799. The summed E-state index contributed by atoms with van der Waals surface area (Å²) in [6, 6.07) is 11.0. The number of amides is 1. The molecule has 0 radical (unpaired) electrons. The van der Waals surface area contributed by atoms with Crippen LogP contribution in [-0.2, 0) is 11.0 Å². The highest BCUT2D eigenvalue weighted by atomic mass is 19.4. The molecule has 1 aromatic heterocycles. The summed E-state index contributed by atoms with van der Waals surface area (Å²) >= 11 is 0. The van der Waals surface area contributed by atoms with Crippen LogP contribution in [0.2, 0.25) is 0 Å². The van der Waals surface area contributed by atoms with E-state index in [0.717, 1.165) is 36.6 Å². The molecule has 4 rings (SSSR count). The summed E-state index contributed by atoms with van der Waals surface area (Å²) in [7, 11) is 0. The van der Waals surface area contributed by atoms with E-state index >= 15 is 0 Å². The van der Waals surface area contributed by atoms with Crippen molar-refractivity contribution in [1.29, 1.82) is 0 Å². The number of nitrogens with zero attached hydrogens (tertiary/aromatic N) is 3. The van der Waals surface area contributed by atoms with Gasteiger partial charge < -0.3 is 9.80 Å². The fourth-order valence-corrected chi connectivity index (χ4v) is 3.69. The van der Waals surface area contributed by atoms with Crippen LogP contribution in [0.3, 0.4) is 0 Å². The normalized spacial score (nSPS) is 22.6. The van der Waals surface area contributed by atoms with Crippen molar-refractivity contribution in [2.75, 3.05) is 31.1 Å². The van der Waals surface area contributed by atoms with Gasteiger partial charge in [0.15, 0.2) is 0 Å². The van der Waals surface area contributed by atoms with E-state index < -0.39 is 11.7 Å². The van der Waals surface area contributed by atoms with Crippen molar-refractivity contribution < 1.29 is 18.0 Å². The molecule has 2 aromatic rings. The molecule has 1 aromatic carbocycles. The molecule has 2 aliphatic rings. The Labute approximate surface area is 155 Å². The molecule has 1 saturated carbocycles. The molecule has 2 atom stereocenters. The van der Waals surface area contributed by atoms with Gasteiger partial charge in [0, 0.05) is 38.3 Å². The molecule has 0 spiro atoms. The number of benzene rings is 1. The number of piperazine rings is 1. The van der Waals surface area contributed by atoms with Crippen LogP contribution in [0.1, 0.15) is 23.5 Å². The summed E-state index contributed by atoms with van der Waals surface area (Å²) in [6.45, 7) is 2.76. The van der Waals surface area contributed by atoms with E-state index in [1.54, 1.807) is 6.20 Å². The highest BCUT2D eigenvalue weighted by molar-refractivity contribution is 5.83. The summed E-state index contributed by atoms with van der Waals surface area (Å²) < 4.78 is 38.0. The van der Waals surface area contributed by atoms with Crippen LogP contribution in [-0.4, -0.2) is 42.0 Å². The molecular formula is C20H20F3N3O. The van der Waals surface area contributed by atoms with Crippen molar-refractivity contribution in [1.82, 2.24) is 9.88 Å². The van der Waals surface area contributed by atoms with Gasteiger partial charge in [0.2, 0.25) is 5.91 Å². The number of aromatic nitrogens is 1. The van der Waals surface area contributed by atoms with Gasteiger partial charge in [0.05, 0.1) is 5.56 Å². The first kappa shape index (κ1) is 17.8. The minimum atomic E-state index is -4.33. The quantitative estimate of drug-likeness (QED) is 0.823. The number of carbonyl (C=O) groups is 1. The van der Waals surface area contributed by atoms with Crippen molar-refractivity contribution in [2.24, 2.45) is 5.92 Å². The van der Waals surface area contributed by atoms with Gasteiger partial charge in [-0.3, -0.25) is 4.79 Å². The van der Waals surface area contributed by atoms with E-state index in [4.69, 9.17) is 0 Å². The predicted molar refractivity (Wildman–Crippen MR) is 95.3 cm³/mol. The Morgan fingerprint density at radius 3 is 2.30 bits per heavy atom. The van der Waals surface area contributed by atoms with Gasteiger partial charge in [-0.2, -0.15) is 13.2 Å². The number of carbonyl (C=O) groups excluding carboxylic acids is 1. The Hall–Kier alpha value is -2.57. The molecule has 0 bridgehead atoms. The molecule has 1 saturated heterocycles. The van der Waals surface area contributed by atoms with E-state index in [1.807, 2.05) is 23.1 Å². The molecule has 142 valence electrons. The van der Waals surface area contributed by atoms with Crippen LogP contribution in [0.25, 0.3) is 0 Å². The molecule has 1 aliphatic heterocycles. The third kappa shape index (κ3) is 3.77. The van der Waals surface area contributed by atoms with Crippen molar-refractivity contribution in [3.05, 3.63) is 59.8 Å². The van der Waals surface area contributed by atoms with Crippen LogP contribution >= 0.6 is 0 Å². The van der Waals surface area contributed by atoms with Crippen LogP contribution in [0.5, 0.6) is 0 Å². The number of hydrogen-bond donors (Lipinski definition) is 0. The van der Waals surface area contributed by atoms with Crippen LogP contribution < -0.4 is 4.90 Å². The van der Waals surface area contributed by atoms with Gasteiger partial charge in [0.25, 0.3) is 0 Å². The Morgan fingerprint density at radius 1 is 1.00 bits per heavy atom. The zero-order valence-corrected chi connectivity index (χ0v) is 14.7. The number of alkyl halides is 3. The van der Waals surface area contributed by atoms with Crippen molar-refractivity contribution in [3.8, 4) is 0 Å². The largest absolute Gasteiger partial charge is 0.416 e. The van der Waals surface area contributed by atoms with Crippen LogP contribution in [0.4, 0.5) is 19.0 Å². The number of anilines is 1. The molecule has 1 amide bonds. The molecule has 4 nitrogen and oxygen atoms in total. The Balaban J connectivity index is 1.33. The van der Waals surface area contributed by atoms with Crippen LogP contribution in [0, 0.1) is 5.92 Å². The second-order valence-corrected chi connectivity index (χ2v) is 7.07. The number of hydrogen-bond acceptors (Lipinski definition) is 3. The summed E-state index contributed by atoms with van der Waals surface area (Å²) in [5.41, 5.74) is 0.161.